The van der Waals surface area contributed by atoms with E-state index in [9.17, 15) is 4.79 Å². The first-order chi connectivity index (χ1) is 11.9. The van der Waals surface area contributed by atoms with Gasteiger partial charge in [0.2, 0.25) is 6.29 Å². The topological polar surface area (TPSA) is 44.8 Å². The highest BCUT2D eigenvalue weighted by molar-refractivity contribution is 6.99. The molecule has 1 fully saturated rings. The summed E-state index contributed by atoms with van der Waals surface area (Å²) < 4.78 is 17.2. The Hall–Kier alpha value is -1.95. The van der Waals surface area contributed by atoms with Crippen molar-refractivity contribution in [3.8, 4) is 0 Å². The van der Waals surface area contributed by atoms with Crippen LogP contribution in [-0.2, 0) is 18.7 Å². The fraction of sp³-hybridized carbons (Fsp3) is 0.350. The fourth-order valence-corrected chi connectivity index (χ4v) is 7.95. The van der Waals surface area contributed by atoms with Crippen LogP contribution < -0.4 is 10.4 Å². The summed E-state index contributed by atoms with van der Waals surface area (Å²) >= 11 is 0. The van der Waals surface area contributed by atoms with Crippen molar-refractivity contribution in [1.29, 1.82) is 0 Å². The van der Waals surface area contributed by atoms with E-state index in [-0.39, 0.29) is 24.2 Å². The second kappa shape index (κ2) is 7.12. The van der Waals surface area contributed by atoms with Crippen LogP contribution in [0.25, 0.3) is 0 Å². The molecule has 0 unspecified atom stereocenters. The van der Waals surface area contributed by atoms with Crippen LogP contribution in [-0.4, -0.2) is 33.8 Å². The first-order valence-corrected chi connectivity index (χ1v) is 10.4. The molecule has 0 bridgehead atoms. The molecule has 132 valence electrons. The van der Waals surface area contributed by atoms with E-state index >= 15 is 0 Å². The maximum atomic E-state index is 11.3. The number of ether oxygens (including phenoxy) is 2. The Morgan fingerprint density at radius 3 is 1.92 bits per heavy atom. The summed E-state index contributed by atoms with van der Waals surface area (Å²) in [6, 6.07) is 20.7. The molecule has 1 heterocycles. The lowest BCUT2D eigenvalue weighted by Gasteiger charge is -2.43. The normalized spacial score (nSPS) is 18.2. The Labute approximate surface area is 149 Å². The number of rotatable bonds is 5. The average Bonchev–Trinajstić information content (AvgIpc) is 3.02. The van der Waals surface area contributed by atoms with Gasteiger partial charge < -0.3 is 13.9 Å². The van der Waals surface area contributed by atoms with E-state index in [2.05, 4.69) is 45.0 Å². The van der Waals surface area contributed by atoms with Gasteiger partial charge in [0.1, 0.15) is 6.61 Å². The summed E-state index contributed by atoms with van der Waals surface area (Å²) in [5.41, 5.74) is 0. The van der Waals surface area contributed by atoms with Gasteiger partial charge in [0.15, 0.2) is 0 Å². The number of carbonyl (C=O) groups excluding carboxylic acids is 1. The molecule has 0 aliphatic carbocycles. The Morgan fingerprint density at radius 1 is 1.00 bits per heavy atom. The molecule has 5 heteroatoms. The van der Waals surface area contributed by atoms with E-state index in [1.54, 1.807) is 0 Å². The van der Waals surface area contributed by atoms with Crippen molar-refractivity contribution in [1.82, 2.24) is 0 Å². The summed E-state index contributed by atoms with van der Waals surface area (Å²) in [5, 5.41) is 2.27. The molecule has 0 spiro atoms. The molecule has 0 saturated carbocycles. The zero-order chi connectivity index (χ0) is 17.9. The van der Waals surface area contributed by atoms with E-state index < -0.39 is 14.6 Å². The standard InChI is InChI=1S/C20H24O4Si/c1-20(2,3)25(16-10-6-4-7-11-16,17-12-8-5-9-13-17)23-15-19-22-14-18(21)24-19/h4-13,19H,14-15H2,1-3H3/t19-/m1/s1. The first-order valence-electron chi connectivity index (χ1n) is 8.49. The minimum absolute atomic E-state index is 0.00518. The lowest BCUT2D eigenvalue weighted by atomic mass is 10.2. The summed E-state index contributed by atoms with van der Waals surface area (Å²) in [6.07, 6.45) is -0.630. The molecule has 2 aromatic rings. The number of hydrogen-bond donors (Lipinski definition) is 0. The maximum absolute atomic E-state index is 11.3. The SMILES string of the molecule is CC(C)(C)[Si](OC[C@@H]1OCC(=O)O1)(c1ccccc1)c1ccccc1. The molecule has 0 radical (unpaired) electrons. The van der Waals surface area contributed by atoms with Crippen LogP contribution in [0.2, 0.25) is 5.04 Å². The third-order valence-corrected chi connectivity index (χ3v) is 9.51. The van der Waals surface area contributed by atoms with E-state index in [4.69, 9.17) is 13.9 Å². The predicted molar refractivity (Wildman–Crippen MR) is 99.4 cm³/mol. The highest BCUT2D eigenvalue weighted by atomic mass is 28.4. The second-order valence-electron chi connectivity index (χ2n) is 7.20. The zero-order valence-corrected chi connectivity index (χ0v) is 15.9. The third-order valence-electron chi connectivity index (χ3n) is 4.50. The highest BCUT2D eigenvalue weighted by Gasteiger charge is 2.50. The molecular formula is C20H24O4Si. The van der Waals surface area contributed by atoms with Crippen LogP contribution in [0.1, 0.15) is 20.8 Å². The Balaban J connectivity index is 2.04. The smallest absolute Gasteiger partial charge is 0.334 e. The molecule has 1 saturated heterocycles. The summed E-state index contributed by atoms with van der Waals surface area (Å²) in [4.78, 5) is 11.3. The average molecular weight is 356 g/mol. The quantitative estimate of drug-likeness (QED) is 0.610. The summed E-state index contributed by atoms with van der Waals surface area (Å²) in [7, 11) is -2.61. The molecule has 2 aromatic carbocycles. The molecule has 0 N–H and O–H groups in total. The maximum Gasteiger partial charge on any atom is 0.334 e. The van der Waals surface area contributed by atoms with Crippen LogP contribution in [0.4, 0.5) is 0 Å². The molecule has 1 aliphatic rings. The Bertz CT molecular complexity index is 670. The molecular weight excluding hydrogens is 332 g/mol. The van der Waals surface area contributed by atoms with Crippen LogP contribution in [0.3, 0.4) is 0 Å². The van der Waals surface area contributed by atoms with Gasteiger partial charge in [-0.2, -0.15) is 0 Å². The van der Waals surface area contributed by atoms with Gasteiger partial charge in [0.25, 0.3) is 8.32 Å². The molecule has 1 atom stereocenters. The van der Waals surface area contributed by atoms with Crippen molar-refractivity contribution in [3.63, 3.8) is 0 Å². The van der Waals surface area contributed by atoms with Gasteiger partial charge in [-0.3, -0.25) is 0 Å². The van der Waals surface area contributed by atoms with E-state index in [0.717, 1.165) is 0 Å². The van der Waals surface area contributed by atoms with E-state index in [1.807, 2.05) is 36.4 Å². The number of carbonyl (C=O) groups is 1. The molecule has 3 rings (SSSR count). The van der Waals surface area contributed by atoms with Gasteiger partial charge in [-0.1, -0.05) is 81.4 Å². The Kier molecular flexibility index (Phi) is 5.08. The molecule has 4 nitrogen and oxygen atoms in total. The minimum atomic E-state index is -2.61. The van der Waals surface area contributed by atoms with Crippen LogP contribution in [0.15, 0.2) is 60.7 Å². The number of esters is 1. The number of hydrogen-bond acceptors (Lipinski definition) is 4. The fourth-order valence-electron chi connectivity index (χ4n) is 3.41. The van der Waals surface area contributed by atoms with Crippen molar-refractivity contribution >= 4 is 24.7 Å². The van der Waals surface area contributed by atoms with Gasteiger partial charge in [0, 0.05) is 0 Å². The van der Waals surface area contributed by atoms with Crippen molar-refractivity contribution in [2.45, 2.75) is 32.1 Å². The summed E-state index contributed by atoms with van der Waals surface area (Å²) in [5.74, 6) is -0.337. The lowest BCUT2D eigenvalue weighted by Crippen LogP contribution is -2.67. The highest BCUT2D eigenvalue weighted by Crippen LogP contribution is 2.37. The molecule has 0 amide bonds. The van der Waals surface area contributed by atoms with Crippen LogP contribution in [0, 0.1) is 0 Å². The molecule has 0 aromatic heterocycles. The van der Waals surface area contributed by atoms with Gasteiger partial charge in [-0.25, -0.2) is 4.79 Å². The van der Waals surface area contributed by atoms with Gasteiger partial charge in [0.05, 0.1) is 6.61 Å². The Morgan fingerprint density at radius 2 is 1.52 bits per heavy atom. The summed E-state index contributed by atoms with van der Waals surface area (Å²) in [6.45, 7) is 6.86. The van der Waals surface area contributed by atoms with Gasteiger partial charge >= 0.3 is 5.97 Å². The third kappa shape index (κ3) is 3.54. The van der Waals surface area contributed by atoms with E-state index in [1.165, 1.54) is 10.4 Å². The lowest BCUT2D eigenvalue weighted by molar-refractivity contribution is -0.145. The molecule has 1 aliphatic heterocycles. The number of cyclic esters (lactones) is 1. The predicted octanol–water partition coefficient (Wildman–Crippen LogP) is 2.46. The van der Waals surface area contributed by atoms with Crippen molar-refractivity contribution < 1.29 is 18.7 Å². The second-order valence-corrected chi connectivity index (χ2v) is 11.5. The van der Waals surface area contributed by atoms with E-state index in [0.29, 0.717) is 0 Å². The molecule has 25 heavy (non-hydrogen) atoms. The van der Waals surface area contributed by atoms with Gasteiger partial charge in [-0.05, 0) is 15.4 Å². The largest absolute Gasteiger partial charge is 0.432 e. The van der Waals surface area contributed by atoms with Crippen molar-refractivity contribution in [2.75, 3.05) is 13.2 Å². The van der Waals surface area contributed by atoms with Crippen molar-refractivity contribution in [3.05, 3.63) is 60.7 Å². The zero-order valence-electron chi connectivity index (χ0n) is 14.9. The van der Waals surface area contributed by atoms with Crippen molar-refractivity contribution in [2.24, 2.45) is 0 Å². The monoisotopic (exact) mass is 356 g/mol. The van der Waals surface area contributed by atoms with Crippen LogP contribution >= 0.6 is 0 Å². The number of benzene rings is 2. The minimum Gasteiger partial charge on any atom is -0.432 e. The van der Waals surface area contributed by atoms with Crippen LogP contribution in [0.5, 0.6) is 0 Å². The van der Waals surface area contributed by atoms with Gasteiger partial charge in [-0.15, -0.1) is 0 Å². The first kappa shape index (κ1) is 17.9.